The van der Waals surface area contributed by atoms with Crippen LogP contribution in [0.25, 0.3) is 0 Å². The maximum absolute atomic E-state index is 13.8. The Morgan fingerprint density at radius 3 is 2.89 bits per heavy atom. The summed E-state index contributed by atoms with van der Waals surface area (Å²) in [6, 6.07) is 3.80. The molecule has 1 N–H and O–H groups in total. The summed E-state index contributed by atoms with van der Waals surface area (Å²) >= 11 is 0. The molecule has 6 heteroatoms. The summed E-state index contributed by atoms with van der Waals surface area (Å²) in [7, 11) is 0. The second-order valence-corrected chi connectivity index (χ2v) is 4.64. The number of nitro benzene ring substituents is 1. The van der Waals surface area contributed by atoms with Gasteiger partial charge in [-0.25, -0.2) is 4.39 Å². The van der Waals surface area contributed by atoms with E-state index >= 15 is 0 Å². The number of piperidine rings is 1. The van der Waals surface area contributed by atoms with E-state index in [4.69, 9.17) is 0 Å². The summed E-state index contributed by atoms with van der Waals surface area (Å²) in [5, 5.41) is 20.7. The lowest BCUT2D eigenvalue weighted by Gasteiger charge is -2.35. The van der Waals surface area contributed by atoms with Crippen molar-refractivity contribution in [3.8, 4) is 0 Å². The fourth-order valence-electron chi connectivity index (χ4n) is 2.22. The molecular formula is C12H15FN2O3. The molecule has 1 fully saturated rings. The molecule has 2 atom stereocenters. The third-order valence-electron chi connectivity index (χ3n) is 3.40. The van der Waals surface area contributed by atoms with E-state index in [9.17, 15) is 19.6 Å². The summed E-state index contributed by atoms with van der Waals surface area (Å²) in [4.78, 5) is 11.9. The highest BCUT2D eigenvalue weighted by atomic mass is 19.1. The van der Waals surface area contributed by atoms with Crippen molar-refractivity contribution < 1.29 is 14.4 Å². The van der Waals surface area contributed by atoms with Crippen molar-refractivity contribution in [3.05, 3.63) is 34.1 Å². The van der Waals surface area contributed by atoms with Gasteiger partial charge in [0.25, 0.3) is 5.69 Å². The zero-order valence-electron chi connectivity index (χ0n) is 10.0. The van der Waals surface area contributed by atoms with E-state index in [0.717, 1.165) is 0 Å². The SMILES string of the molecule is CC1CCN(c2c(F)cccc2[N+](=O)[O-])CC1O. The van der Waals surface area contributed by atoms with Crippen LogP contribution in [0, 0.1) is 21.8 Å². The Hall–Kier alpha value is -1.69. The first-order valence-electron chi connectivity index (χ1n) is 5.86. The minimum Gasteiger partial charge on any atom is -0.391 e. The summed E-state index contributed by atoms with van der Waals surface area (Å²) < 4.78 is 13.8. The topological polar surface area (TPSA) is 66.6 Å². The number of aliphatic hydroxyl groups is 1. The predicted octanol–water partition coefficient (Wildman–Crippen LogP) is 1.94. The number of nitrogens with zero attached hydrogens (tertiary/aromatic N) is 2. The quantitative estimate of drug-likeness (QED) is 0.647. The summed E-state index contributed by atoms with van der Waals surface area (Å²) in [6.45, 7) is 2.65. The van der Waals surface area contributed by atoms with Gasteiger partial charge in [0.05, 0.1) is 11.0 Å². The monoisotopic (exact) mass is 254 g/mol. The van der Waals surface area contributed by atoms with Crippen LogP contribution < -0.4 is 4.90 Å². The fourth-order valence-corrected chi connectivity index (χ4v) is 2.22. The number of anilines is 1. The number of nitro groups is 1. The van der Waals surface area contributed by atoms with Crippen molar-refractivity contribution in [2.24, 2.45) is 5.92 Å². The average Bonchev–Trinajstić information content (AvgIpc) is 2.32. The van der Waals surface area contributed by atoms with Gasteiger partial charge in [-0.05, 0) is 18.4 Å². The van der Waals surface area contributed by atoms with E-state index in [1.807, 2.05) is 6.92 Å². The minimum absolute atomic E-state index is 0.0200. The Labute approximate surface area is 104 Å². The van der Waals surface area contributed by atoms with E-state index in [0.29, 0.717) is 13.0 Å². The minimum atomic E-state index is -0.619. The molecule has 0 saturated carbocycles. The van der Waals surface area contributed by atoms with Gasteiger partial charge in [-0.2, -0.15) is 0 Å². The van der Waals surface area contributed by atoms with Crippen LogP contribution in [-0.4, -0.2) is 29.2 Å². The van der Waals surface area contributed by atoms with Crippen molar-refractivity contribution in [3.63, 3.8) is 0 Å². The molecule has 0 bridgehead atoms. The lowest BCUT2D eigenvalue weighted by atomic mass is 9.95. The van der Waals surface area contributed by atoms with Crippen molar-refractivity contribution >= 4 is 11.4 Å². The van der Waals surface area contributed by atoms with Crippen molar-refractivity contribution in [1.29, 1.82) is 0 Å². The molecule has 1 aliphatic heterocycles. The molecule has 0 aromatic heterocycles. The Bertz CT molecular complexity index is 467. The molecule has 0 radical (unpaired) electrons. The van der Waals surface area contributed by atoms with Gasteiger partial charge in [0.2, 0.25) is 0 Å². The maximum Gasteiger partial charge on any atom is 0.295 e. The Balaban J connectivity index is 2.36. The maximum atomic E-state index is 13.8. The highest BCUT2D eigenvalue weighted by molar-refractivity contribution is 5.64. The first-order valence-corrected chi connectivity index (χ1v) is 5.86. The number of hydrogen-bond acceptors (Lipinski definition) is 4. The highest BCUT2D eigenvalue weighted by Crippen LogP contribution is 2.33. The van der Waals surface area contributed by atoms with Gasteiger partial charge < -0.3 is 10.0 Å². The number of hydrogen-bond donors (Lipinski definition) is 1. The lowest BCUT2D eigenvalue weighted by Crippen LogP contribution is -2.43. The number of halogens is 1. The van der Waals surface area contributed by atoms with E-state index in [2.05, 4.69) is 0 Å². The van der Waals surface area contributed by atoms with Crippen LogP contribution in [0.15, 0.2) is 18.2 Å². The van der Waals surface area contributed by atoms with Crippen LogP contribution in [0.1, 0.15) is 13.3 Å². The van der Waals surface area contributed by atoms with Gasteiger partial charge in [-0.15, -0.1) is 0 Å². The second kappa shape index (κ2) is 4.89. The number of benzene rings is 1. The van der Waals surface area contributed by atoms with E-state index in [-0.39, 0.29) is 23.8 Å². The molecule has 1 heterocycles. The first kappa shape index (κ1) is 12.8. The fraction of sp³-hybridized carbons (Fsp3) is 0.500. The summed E-state index contributed by atoms with van der Waals surface area (Å²) in [6.07, 6.45) is 0.102. The van der Waals surface area contributed by atoms with Gasteiger partial charge in [0.15, 0.2) is 11.5 Å². The van der Waals surface area contributed by atoms with E-state index in [1.54, 1.807) is 4.90 Å². The zero-order valence-corrected chi connectivity index (χ0v) is 10.0. The van der Waals surface area contributed by atoms with Crippen molar-refractivity contribution in [2.45, 2.75) is 19.4 Å². The average molecular weight is 254 g/mol. The number of rotatable bonds is 2. The molecule has 1 aromatic rings. The van der Waals surface area contributed by atoms with Crippen LogP contribution in [0.5, 0.6) is 0 Å². The predicted molar refractivity (Wildman–Crippen MR) is 65.1 cm³/mol. The van der Waals surface area contributed by atoms with Gasteiger partial charge >= 0.3 is 0 Å². The molecule has 1 aromatic carbocycles. The van der Waals surface area contributed by atoms with Gasteiger partial charge in [0, 0.05) is 19.2 Å². The number of para-hydroxylation sites is 1. The van der Waals surface area contributed by atoms with Crippen molar-refractivity contribution in [2.75, 3.05) is 18.0 Å². The van der Waals surface area contributed by atoms with E-state index < -0.39 is 16.8 Å². The number of β-amino-alcohol motifs (C(OH)–C–C–N with tert-alkyl or cyclic N) is 1. The third kappa shape index (κ3) is 2.28. The zero-order chi connectivity index (χ0) is 13.3. The van der Waals surface area contributed by atoms with Crippen LogP contribution in [0.4, 0.5) is 15.8 Å². The largest absolute Gasteiger partial charge is 0.391 e. The molecule has 0 amide bonds. The Morgan fingerprint density at radius 1 is 1.56 bits per heavy atom. The van der Waals surface area contributed by atoms with Crippen molar-refractivity contribution in [1.82, 2.24) is 0 Å². The van der Waals surface area contributed by atoms with Gasteiger partial charge in [-0.3, -0.25) is 10.1 Å². The highest BCUT2D eigenvalue weighted by Gasteiger charge is 2.30. The molecule has 0 aliphatic carbocycles. The molecule has 2 unspecified atom stereocenters. The van der Waals surface area contributed by atoms with Crippen LogP contribution in [0.3, 0.4) is 0 Å². The third-order valence-corrected chi connectivity index (χ3v) is 3.40. The molecular weight excluding hydrogens is 239 g/mol. The second-order valence-electron chi connectivity index (χ2n) is 4.64. The van der Waals surface area contributed by atoms with Crippen LogP contribution in [-0.2, 0) is 0 Å². The Morgan fingerprint density at radius 2 is 2.28 bits per heavy atom. The van der Waals surface area contributed by atoms with Crippen LogP contribution >= 0.6 is 0 Å². The first-order chi connectivity index (χ1) is 8.50. The molecule has 0 spiro atoms. The van der Waals surface area contributed by atoms with Crippen LogP contribution in [0.2, 0.25) is 0 Å². The molecule has 5 nitrogen and oxygen atoms in total. The molecule has 18 heavy (non-hydrogen) atoms. The lowest BCUT2D eigenvalue weighted by molar-refractivity contribution is -0.384. The van der Waals surface area contributed by atoms with Gasteiger partial charge in [-0.1, -0.05) is 13.0 Å². The number of aliphatic hydroxyl groups excluding tert-OH is 1. The Kier molecular flexibility index (Phi) is 3.47. The molecule has 1 saturated heterocycles. The summed E-state index contributed by atoms with van der Waals surface area (Å²) in [5.41, 5.74) is -0.273. The molecule has 2 rings (SSSR count). The standard InChI is InChI=1S/C12H15FN2O3/c1-8-5-6-14(7-11(8)16)12-9(13)3-2-4-10(12)15(17)18/h2-4,8,11,16H,5-7H2,1H3. The smallest absolute Gasteiger partial charge is 0.295 e. The molecule has 1 aliphatic rings. The normalized spacial score (nSPS) is 24.1. The van der Waals surface area contributed by atoms with E-state index in [1.165, 1.54) is 18.2 Å². The summed E-state index contributed by atoms with van der Waals surface area (Å²) in [5.74, 6) is -0.488. The van der Waals surface area contributed by atoms with Gasteiger partial charge in [0.1, 0.15) is 0 Å². The molecule has 98 valence electrons.